The largest absolute Gasteiger partial charge is 0.385 e. The second-order valence-electron chi connectivity index (χ2n) is 4.51. The summed E-state index contributed by atoms with van der Waals surface area (Å²) in [4.78, 5) is 0. The van der Waals surface area contributed by atoms with Gasteiger partial charge in [0, 0.05) is 7.11 Å². The maximum atomic E-state index is 13.1. The van der Waals surface area contributed by atoms with Crippen LogP contribution in [0.5, 0.6) is 0 Å². The molecule has 100 valence electrons. The third-order valence-corrected chi connectivity index (χ3v) is 3.22. The quantitative estimate of drug-likeness (QED) is 0.910. The molecule has 2 unspecified atom stereocenters. The second-order valence-corrected chi connectivity index (χ2v) is 4.51. The van der Waals surface area contributed by atoms with Gasteiger partial charge in [0.05, 0.1) is 0 Å². The second kappa shape index (κ2) is 5.95. The first-order chi connectivity index (χ1) is 9.13. The van der Waals surface area contributed by atoms with Crippen LogP contribution in [-0.4, -0.2) is 12.2 Å². The van der Waals surface area contributed by atoms with E-state index in [0.717, 1.165) is 5.56 Å². The Balaban J connectivity index is 2.33. The Bertz CT molecular complexity index is 540. The molecule has 2 aromatic carbocycles. The van der Waals surface area contributed by atoms with Crippen molar-refractivity contribution in [3.63, 3.8) is 0 Å². The molecule has 2 atom stereocenters. The Morgan fingerprint density at radius 1 is 1.11 bits per heavy atom. The summed E-state index contributed by atoms with van der Waals surface area (Å²) in [6.07, 6.45) is -1.29. The summed E-state index contributed by atoms with van der Waals surface area (Å²) in [5.74, 6) is -0.304. The molecule has 0 aromatic heterocycles. The van der Waals surface area contributed by atoms with E-state index >= 15 is 0 Å². The van der Waals surface area contributed by atoms with E-state index < -0.39 is 12.2 Å². The van der Waals surface area contributed by atoms with Gasteiger partial charge in [0.2, 0.25) is 0 Å². The van der Waals surface area contributed by atoms with Gasteiger partial charge in [0.1, 0.15) is 18.0 Å². The molecule has 3 heteroatoms. The van der Waals surface area contributed by atoms with Crippen molar-refractivity contribution in [2.45, 2.75) is 19.1 Å². The van der Waals surface area contributed by atoms with Gasteiger partial charge in [-0.15, -0.1) is 0 Å². The van der Waals surface area contributed by atoms with Crippen LogP contribution in [0.4, 0.5) is 4.39 Å². The predicted molar refractivity (Wildman–Crippen MR) is 72.3 cm³/mol. The summed E-state index contributed by atoms with van der Waals surface area (Å²) in [5, 5.41) is 10.5. The van der Waals surface area contributed by atoms with E-state index in [1.54, 1.807) is 20.1 Å². The van der Waals surface area contributed by atoms with Gasteiger partial charge in [-0.25, -0.2) is 4.39 Å². The third-order valence-electron chi connectivity index (χ3n) is 3.22. The number of aliphatic hydroxyl groups is 1. The number of hydrogen-bond acceptors (Lipinski definition) is 2. The number of aliphatic hydroxyl groups excluding tert-OH is 1. The molecule has 0 aliphatic rings. The molecule has 1 N–H and O–H groups in total. The molecule has 2 aromatic rings. The smallest absolute Gasteiger partial charge is 0.123 e. The molecule has 0 fully saturated rings. The summed E-state index contributed by atoms with van der Waals surface area (Å²) in [6, 6.07) is 13.9. The number of benzene rings is 2. The highest BCUT2D eigenvalue weighted by molar-refractivity contribution is 5.31. The van der Waals surface area contributed by atoms with Crippen LogP contribution in [0.15, 0.2) is 48.5 Å². The summed E-state index contributed by atoms with van der Waals surface area (Å²) in [6.45, 7) is 1.78. The van der Waals surface area contributed by atoms with Crippen molar-refractivity contribution in [2.24, 2.45) is 0 Å². The van der Waals surface area contributed by atoms with Gasteiger partial charge < -0.3 is 9.84 Å². The molecule has 0 aliphatic heterocycles. The zero-order valence-electron chi connectivity index (χ0n) is 11.0. The summed E-state index contributed by atoms with van der Waals surface area (Å²) >= 11 is 0. The Kier molecular flexibility index (Phi) is 4.30. The van der Waals surface area contributed by atoms with Crippen molar-refractivity contribution in [2.75, 3.05) is 7.11 Å². The zero-order valence-corrected chi connectivity index (χ0v) is 11.0. The highest BCUT2D eigenvalue weighted by Gasteiger charge is 2.23. The summed E-state index contributed by atoms with van der Waals surface area (Å²) in [7, 11) is 1.56. The number of halogens is 1. The monoisotopic (exact) mass is 260 g/mol. The Morgan fingerprint density at radius 3 is 2.37 bits per heavy atom. The molecular formula is C16H17FO2. The van der Waals surface area contributed by atoms with E-state index in [1.165, 1.54) is 12.1 Å². The van der Waals surface area contributed by atoms with Gasteiger partial charge >= 0.3 is 0 Å². The van der Waals surface area contributed by atoms with Crippen molar-refractivity contribution in [1.82, 2.24) is 0 Å². The number of aryl methyl sites for hydroxylation is 1. The topological polar surface area (TPSA) is 29.5 Å². The minimum atomic E-state index is -0.826. The van der Waals surface area contributed by atoms with E-state index in [1.807, 2.05) is 30.3 Å². The van der Waals surface area contributed by atoms with E-state index in [0.29, 0.717) is 11.1 Å². The van der Waals surface area contributed by atoms with Crippen molar-refractivity contribution in [3.8, 4) is 0 Å². The van der Waals surface area contributed by atoms with E-state index in [4.69, 9.17) is 4.74 Å². The standard InChI is InChI=1S/C16H17FO2/c1-11-10-13(17)8-9-14(11)15(18)16(19-2)12-6-4-3-5-7-12/h3-10,15-16,18H,1-2H3. The Morgan fingerprint density at radius 2 is 1.79 bits per heavy atom. The fourth-order valence-electron chi connectivity index (χ4n) is 2.22. The normalized spacial score (nSPS) is 14.1. The molecule has 0 heterocycles. The molecule has 0 spiro atoms. The van der Waals surface area contributed by atoms with Gasteiger partial charge in [-0.1, -0.05) is 36.4 Å². The number of ether oxygens (including phenoxy) is 1. The molecule has 0 radical (unpaired) electrons. The molecule has 0 aliphatic carbocycles. The van der Waals surface area contributed by atoms with E-state index in [2.05, 4.69) is 0 Å². The van der Waals surface area contributed by atoms with Gasteiger partial charge in [-0.3, -0.25) is 0 Å². The predicted octanol–water partition coefficient (Wildman–Crippen LogP) is 3.56. The SMILES string of the molecule is COC(c1ccccc1)C(O)c1ccc(F)cc1C. The molecular weight excluding hydrogens is 243 g/mol. The van der Waals surface area contributed by atoms with Crippen LogP contribution in [0.2, 0.25) is 0 Å². The van der Waals surface area contributed by atoms with Crippen LogP contribution in [0, 0.1) is 12.7 Å². The lowest BCUT2D eigenvalue weighted by atomic mass is 9.95. The van der Waals surface area contributed by atoms with E-state index in [9.17, 15) is 9.50 Å². The zero-order chi connectivity index (χ0) is 13.8. The van der Waals surface area contributed by atoms with Crippen LogP contribution >= 0.6 is 0 Å². The number of methoxy groups -OCH3 is 1. The Hall–Kier alpha value is -1.71. The van der Waals surface area contributed by atoms with Crippen molar-refractivity contribution in [1.29, 1.82) is 0 Å². The Labute approximate surface area is 112 Å². The highest BCUT2D eigenvalue weighted by Crippen LogP contribution is 2.33. The third kappa shape index (κ3) is 3.00. The average molecular weight is 260 g/mol. The van der Waals surface area contributed by atoms with Crippen LogP contribution < -0.4 is 0 Å². The van der Waals surface area contributed by atoms with Crippen LogP contribution in [0.1, 0.15) is 28.9 Å². The number of hydrogen-bond donors (Lipinski definition) is 1. The summed E-state index contributed by atoms with van der Waals surface area (Å²) in [5.41, 5.74) is 2.28. The molecule has 2 nitrogen and oxygen atoms in total. The van der Waals surface area contributed by atoms with Crippen LogP contribution in [0.25, 0.3) is 0 Å². The lowest BCUT2D eigenvalue weighted by molar-refractivity contribution is -0.0152. The maximum Gasteiger partial charge on any atom is 0.123 e. The van der Waals surface area contributed by atoms with Crippen molar-refractivity contribution < 1.29 is 14.2 Å². The fourth-order valence-corrected chi connectivity index (χ4v) is 2.22. The molecule has 0 bridgehead atoms. The first-order valence-electron chi connectivity index (χ1n) is 6.15. The number of rotatable bonds is 4. The highest BCUT2D eigenvalue weighted by atomic mass is 19.1. The lowest BCUT2D eigenvalue weighted by Gasteiger charge is -2.23. The average Bonchev–Trinajstić information content (AvgIpc) is 2.40. The first-order valence-corrected chi connectivity index (χ1v) is 6.15. The van der Waals surface area contributed by atoms with Gasteiger partial charge in [-0.05, 0) is 35.7 Å². The minimum Gasteiger partial charge on any atom is -0.385 e. The van der Waals surface area contributed by atoms with E-state index in [-0.39, 0.29) is 5.82 Å². The molecule has 0 amide bonds. The van der Waals surface area contributed by atoms with Crippen molar-refractivity contribution >= 4 is 0 Å². The van der Waals surface area contributed by atoms with Gasteiger partial charge in [0.25, 0.3) is 0 Å². The van der Waals surface area contributed by atoms with Gasteiger partial charge in [-0.2, -0.15) is 0 Å². The molecule has 2 rings (SSSR count). The molecule has 19 heavy (non-hydrogen) atoms. The minimum absolute atomic E-state index is 0.304. The maximum absolute atomic E-state index is 13.1. The molecule has 0 saturated carbocycles. The first kappa shape index (κ1) is 13.7. The fraction of sp³-hybridized carbons (Fsp3) is 0.250. The summed E-state index contributed by atoms with van der Waals surface area (Å²) < 4.78 is 18.5. The van der Waals surface area contributed by atoms with Crippen LogP contribution in [-0.2, 0) is 4.74 Å². The molecule has 0 saturated heterocycles. The van der Waals surface area contributed by atoms with Crippen molar-refractivity contribution in [3.05, 3.63) is 71.0 Å². The van der Waals surface area contributed by atoms with Gasteiger partial charge in [0.15, 0.2) is 0 Å². The lowest BCUT2D eigenvalue weighted by Crippen LogP contribution is -2.14. The van der Waals surface area contributed by atoms with Crippen LogP contribution in [0.3, 0.4) is 0 Å².